The first-order valence-corrected chi connectivity index (χ1v) is 7.79. The fourth-order valence-corrected chi connectivity index (χ4v) is 2.88. The van der Waals surface area contributed by atoms with E-state index in [-0.39, 0.29) is 5.91 Å². The van der Waals surface area contributed by atoms with Crippen LogP contribution in [0.4, 0.5) is 5.69 Å². The highest BCUT2D eigenvalue weighted by molar-refractivity contribution is 7.12. The lowest BCUT2D eigenvalue weighted by molar-refractivity contribution is 0.103. The Morgan fingerprint density at radius 2 is 1.77 bits per heavy atom. The van der Waals surface area contributed by atoms with Gasteiger partial charge in [-0.2, -0.15) is 0 Å². The standard InChI is InChI=1S/C18H15NO2S/c1-13-10-11-22-17(13)18(20)19-14-6-5-9-16(12-14)21-15-7-3-2-4-8-15/h2-12H,1H3,(H,19,20). The molecule has 3 nitrogen and oxygen atoms in total. The van der Waals surface area contributed by atoms with Crippen LogP contribution >= 0.6 is 11.3 Å². The van der Waals surface area contributed by atoms with E-state index < -0.39 is 0 Å². The maximum Gasteiger partial charge on any atom is 0.265 e. The van der Waals surface area contributed by atoms with Gasteiger partial charge in [0.25, 0.3) is 5.91 Å². The topological polar surface area (TPSA) is 38.3 Å². The van der Waals surface area contributed by atoms with Crippen molar-refractivity contribution in [2.24, 2.45) is 0 Å². The molecule has 0 aliphatic heterocycles. The lowest BCUT2D eigenvalue weighted by Crippen LogP contribution is -2.11. The Balaban J connectivity index is 1.74. The molecule has 3 rings (SSSR count). The lowest BCUT2D eigenvalue weighted by Gasteiger charge is -2.08. The molecule has 0 spiro atoms. The second-order valence-corrected chi connectivity index (χ2v) is 5.75. The van der Waals surface area contributed by atoms with Crippen molar-refractivity contribution in [3.63, 3.8) is 0 Å². The van der Waals surface area contributed by atoms with Crippen LogP contribution in [0.15, 0.2) is 66.0 Å². The SMILES string of the molecule is Cc1ccsc1C(=O)Nc1cccc(Oc2ccccc2)c1. The van der Waals surface area contributed by atoms with Crippen LogP contribution in [0.5, 0.6) is 11.5 Å². The number of ether oxygens (including phenoxy) is 1. The lowest BCUT2D eigenvalue weighted by atomic mass is 10.2. The average Bonchev–Trinajstić information content (AvgIpc) is 2.95. The Hall–Kier alpha value is -2.59. The molecule has 2 aromatic carbocycles. The van der Waals surface area contributed by atoms with Crippen LogP contribution in [-0.4, -0.2) is 5.91 Å². The number of nitrogens with one attached hydrogen (secondary N) is 1. The van der Waals surface area contributed by atoms with E-state index in [0.717, 1.165) is 16.2 Å². The highest BCUT2D eigenvalue weighted by atomic mass is 32.1. The first-order valence-electron chi connectivity index (χ1n) is 6.91. The second-order valence-electron chi connectivity index (χ2n) is 4.83. The van der Waals surface area contributed by atoms with E-state index in [1.165, 1.54) is 11.3 Å². The minimum absolute atomic E-state index is 0.0932. The number of para-hydroxylation sites is 1. The van der Waals surface area contributed by atoms with Crippen molar-refractivity contribution in [2.75, 3.05) is 5.32 Å². The highest BCUT2D eigenvalue weighted by Gasteiger charge is 2.10. The summed E-state index contributed by atoms with van der Waals surface area (Å²) in [6.07, 6.45) is 0. The van der Waals surface area contributed by atoms with Gasteiger partial charge in [0.1, 0.15) is 11.5 Å². The number of amides is 1. The minimum atomic E-state index is -0.0932. The molecular formula is C18H15NO2S. The molecule has 0 fully saturated rings. The summed E-state index contributed by atoms with van der Waals surface area (Å²) in [6.45, 7) is 1.93. The van der Waals surface area contributed by atoms with E-state index >= 15 is 0 Å². The highest BCUT2D eigenvalue weighted by Crippen LogP contribution is 2.25. The number of hydrogen-bond acceptors (Lipinski definition) is 3. The van der Waals surface area contributed by atoms with Crippen molar-refractivity contribution in [3.8, 4) is 11.5 Å². The van der Waals surface area contributed by atoms with Gasteiger partial charge in [0.05, 0.1) is 4.88 Å². The van der Waals surface area contributed by atoms with E-state index in [1.807, 2.05) is 73.0 Å². The van der Waals surface area contributed by atoms with Crippen LogP contribution in [0.1, 0.15) is 15.2 Å². The predicted molar refractivity (Wildman–Crippen MR) is 90.0 cm³/mol. The van der Waals surface area contributed by atoms with Crippen LogP contribution in [0.25, 0.3) is 0 Å². The molecule has 1 N–H and O–H groups in total. The summed E-state index contributed by atoms with van der Waals surface area (Å²) in [5.41, 5.74) is 1.70. The zero-order chi connectivity index (χ0) is 15.4. The third-order valence-corrected chi connectivity index (χ3v) is 4.15. The van der Waals surface area contributed by atoms with Crippen molar-refractivity contribution in [1.29, 1.82) is 0 Å². The summed E-state index contributed by atoms with van der Waals surface area (Å²) >= 11 is 1.44. The molecule has 0 atom stereocenters. The molecule has 0 unspecified atom stereocenters. The Bertz CT molecular complexity index is 781. The minimum Gasteiger partial charge on any atom is -0.457 e. The number of anilines is 1. The number of benzene rings is 2. The van der Waals surface area contributed by atoms with Crippen LogP contribution in [0, 0.1) is 6.92 Å². The quantitative estimate of drug-likeness (QED) is 0.728. The third-order valence-electron chi connectivity index (χ3n) is 3.14. The summed E-state index contributed by atoms with van der Waals surface area (Å²) < 4.78 is 5.77. The molecule has 0 saturated carbocycles. The van der Waals surface area contributed by atoms with E-state index in [4.69, 9.17) is 4.74 Å². The third kappa shape index (κ3) is 3.35. The van der Waals surface area contributed by atoms with Crippen LogP contribution in [0.3, 0.4) is 0 Å². The van der Waals surface area contributed by atoms with Gasteiger partial charge in [-0.25, -0.2) is 0 Å². The zero-order valence-corrected chi connectivity index (χ0v) is 12.9. The molecule has 22 heavy (non-hydrogen) atoms. The molecule has 0 radical (unpaired) electrons. The normalized spacial score (nSPS) is 10.2. The maximum atomic E-state index is 12.2. The van der Waals surface area contributed by atoms with Crippen molar-refractivity contribution in [2.45, 2.75) is 6.92 Å². The van der Waals surface area contributed by atoms with Crippen molar-refractivity contribution >= 4 is 22.9 Å². The van der Waals surface area contributed by atoms with Gasteiger partial charge < -0.3 is 10.1 Å². The van der Waals surface area contributed by atoms with E-state index in [2.05, 4.69) is 5.32 Å². The summed E-state index contributed by atoms with van der Waals surface area (Å²) in [4.78, 5) is 13.0. The number of thiophene rings is 1. The molecule has 0 aliphatic rings. The maximum absolute atomic E-state index is 12.2. The average molecular weight is 309 g/mol. The molecule has 0 aliphatic carbocycles. The first-order chi connectivity index (χ1) is 10.7. The smallest absolute Gasteiger partial charge is 0.265 e. The summed E-state index contributed by atoms with van der Waals surface area (Å²) in [5.74, 6) is 1.36. The number of carbonyl (C=O) groups excluding carboxylic acids is 1. The summed E-state index contributed by atoms with van der Waals surface area (Å²) in [7, 11) is 0. The van der Waals surface area contributed by atoms with Gasteiger partial charge in [0.2, 0.25) is 0 Å². The van der Waals surface area contributed by atoms with Gasteiger partial charge in [0.15, 0.2) is 0 Å². The molecule has 1 amide bonds. The fourth-order valence-electron chi connectivity index (χ4n) is 2.06. The Labute approximate surface area is 133 Å². The number of carbonyl (C=O) groups is 1. The monoisotopic (exact) mass is 309 g/mol. The van der Waals surface area contributed by atoms with E-state index in [9.17, 15) is 4.79 Å². The molecule has 0 saturated heterocycles. The summed E-state index contributed by atoms with van der Waals surface area (Å²) in [5, 5.41) is 4.82. The van der Waals surface area contributed by atoms with Crippen molar-refractivity contribution < 1.29 is 9.53 Å². The van der Waals surface area contributed by atoms with Gasteiger partial charge in [-0.3, -0.25) is 4.79 Å². The first kappa shape index (κ1) is 14.4. The Morgan fingerprint density at radius 1 is 1.00 bits per heavy atom. The van der Waals surface area contributed by atoms with Gasteiger partial charge >= 0.3 is 0 Å². The largest absolute Gasteiger partial charge is 0.457 e. The van der Waals surface area contributed by atoms with Crippen LogP contribution in [-0.2, 0) is 0 Å². The molecule has 1 heterocycles. The van der Waals surface area contributed by atoms with Crippen molar-refractivity contribution in [3.05, 3.63) is 76.5 Å². The fraction of sp³-hybridized carbons (Fsp3) is 0.0556. The molecule has 110 valence electrons. The van der Waals surface area contributed by atoms with Crippen LogP contribution < -0.4 is 10.1 Å². The Morgan fingerprint density at radius 3 is 2.50 bits per heavy atom. The van der Waals surface area contributed by atoms with Crippen molar-refractivity contribution in [1.82, 2.24) is 0 Å². The molecule has 0 bridgehead atoms. The Kier molecular flexibility index (Phi) is 4.21. The van der Waals surface area contributed by atoms with Gasteiger partial charge in [-0.05, 0) is 48.2 Å². The number of aryl methyl sites for hydroxylation is 1. The molecule has 1 aromatic heterocycles. The van der Waals surface area contributed by atoms with E-state index in [0.29, 0.717) is 11.4 Å². The summed E-state index contributed by atoms with van der Waals surface area (Å²) in [6, 6.07) is 18.9. The van der Waals surface area contributed by atoms with Crippen LogP contribution in [0.2, 0.25) is 0 Å². The molecular weight excluding hydrogens is 294 g/mol. The molecule has 4 heteroatoms. The van der Waals surface area contributed by atoms with Gasteiger partial charge in [-0.15, -0.1) is 11.3 Å². The van der Waals surface area contributed by atoms with Gasteiger partial charge in [0, 0.05) is 11.8 Å². The van der Waals surface area contributed by atoms with E-state index in [1.54, 1.807) is 0 Å². The molecule has 3 aromatic rings. The number of rotatable bonds is 4. The second kappa shape index (κ2) is 6.45. The number of hydrogen-bond donors (Lipinski definition) is 1. The zero-order valence-electron chi connectivity index (χ0n) is 12.1. The van der Waals surface area contributed by atoms with Gasteiger partial charge in [-0.1, -0.05) is 24.3 Å². The predicted octanol–water partition coefficient (Wildman–Crippen LogP) is 5.10.